The van der Waals surface area contributed by atoms with E-state index in [-0.39, 0.29) is 22.5 Å². The van der Waals surface area contributed by atoms with Gasteiger partial charge in [0.15, 0.2) is 0 Å². The molecule has 9 nitrogen and oxygen atoms in total. The van der Waals surface area contributed by atoms with Crippen LogP contribution in [0.1, 0.15) is 34.8 Å². The highest BCUT2D eigenvalue weighted by molar-refractivity contribution is 5.96. The summed E-state index contributed by atoms with van der Waals surface area (Å²) in [6.45, 7) is 3.37. The second kappa shape index (κ2) is 9.01. The molecule has 9 heteroatoms. The minimum Gasteiger partial charge on any atom is -0.337 e. The van der Waals surface area contributed by atoms with Crippen molar-refractivity contribution >= 4 is 16.9 Å². The van der Waals surface area contributed by atoms with E-state index in [9.17, 15) is 14.4 Å². The van der Waals surface area contributed by atoms with E-state index < -0.39 is 11.2 Å². The molecule has 0 unspecified atom stereocenters. The number of hydrogen-bond donors (Lipinski definition) is 1. The molecular formula is C23H24N6O3. The standard InChI is InChI=1S/C23H24N6O3/c1-3-9-29-20-19(21(30)26-23(29)32)10-18(12-24-20)22(31)27(2)13-17-11-25-28(15-17)14-16-7-5-4-6-8-16/h4-8,10-12,15H,3,9,13-14H2,1-2H3,(H,26,30,32). The molecule has 1 aromatic carbocycles. The Morgan fingerprint density at radius 1 is 1.12 bits per heavy atom. The van der Waals surface area contributed by atoms with E-state index in [4.69, 9.17) is 0 Å². The molecule has 0 spiro atoms. The lowest BCUT2D eigenvalue weighted by molar-refractivity contribution is 0.0785. The van der Waals surface area contributed by atoms with Crippen LogP contribution in [0, 0.1) is 0 Å². The summed E-state index contributed by atoms with van der Waals surface area (Å²) in [5, 5.41) is 4.59. The van der Waals surface area contributed by atoms with Crippen LogP contribution in [0.4, 0.5) is 0 Å². The molecule has 1 N–H and O–H groups in total. The Morgan fingerprint density at radius 3 is 2.66 bits per heavy atom. The predicted molar refractivity (Wildman–Crippen MR) is 120 cm³/mol. The number of rotatable bonds is 7. The molecule has 4 rings (SSSR count). The van der Waals surface area contributed by atoms with E-state index in [1.54, 1.807) is 18.1 Å². The number of aryl methyl sites for hydroxylation is 1. The minimum atomic E-state index is -0.552. The van der Waals surface area contributed by atoms with E-state index in [1.165, 1.54) is 16.8 Å². The van der Waals surface area contributed by atoms with Crippen LogP contribution in [0.3, 0.4) is 0 Å². The van der Waals surface area contributed by atoms with Crippen molar-refractivity contribution in [2.45, 2.75) is 33.0 Å². The van der Waals surface area contributed by atoms with E-state index in [0.29, 0.717) is 26.1 Å². The molecule has 0 radical (unpaired) electrons. The highest BCUT2D eigenvalue weighted by Crippen LogP contribution is 2.12. The average molecular weight is 432 g/mol. The number of nitrogens with zero attached hydrogens (tertiary/aromatic N) is 5. The van der Waals surface area contributed by atoms with Gasteiger partial charge in [0, 0.05) is 38.1 Å². The van der Waals surface area contributed by atoms with Gasteiger partial charge in [0.05, 0.1) is 23.7 Å². The molecule has 0 saturated carbocycles. The number of hydrogen-bond acceptors (Lipinski definition) is 5. The minimum absolute atomic E-state index is 0.216. The van der Waals surface area contributed by atoms with Gasteiger partial charge in [-0.3, -0.25) is 23.8 Å². The number of fused-ring (bicyclic) bond motifs is 1. The number of aromatic nitrogens is 5. The van der Waals surface area contributed by atoms with Crippen molar-refractivity contribution in [2.75, 3.05) is 7.05 Å². The number of amides is 1. The summed E-state index contributed by atoms with van der Waals surface area (Å²) in [4.78, 5) is 45.4. The zero-order valence-corrected chi connectivity index (χ0v) is 18.0. The third-order valence-corrected chi connectivity index (χ3v) is 5.17. The van der Waals surface area contributed by atoms with Crippen LogP contribution in [0.15, 0.2) is 64.6 Å². The first-order valence-corrected chi connectivity index (χ1v) is 10.4. The van der Waals surface area contributed by atoms with Gasteiger partial charge in [0.2, 0.25) is 0 Å². The Balaban J connectivity index is 1.53. The van der Waals surface area contributed by atoms with Crippen molar-refractivity contribution in [3.05, 3.63) is 92.5 Å². The van der Waals surface area contributed by atoms with Gasteiger partial charge in [-0.25, -0.2) is 9.78 Å². The van der Waals surface area contributed by atoms with Crippen LogP contribution in [0.25, 0.3) is 11.0 Å². The Bertz CT molecular complexity index is 1370. The maximum Gasteiger partial charge on any atom is 0.329 e. The summed E-state index contributed by atoms with van der Waals surface area (Å²) in [6, 6.07) is 11.5. The molecule has 0 aliphatic rings. The van der Waals surface area contributed by atoms with Gasteiger partial charge in [-0.2, -0.15) is 5.10 Å². The second-order valence-electron chi connectivity index (χ2n) is 7.70. The zero-order valence-electron chi connectivity index (χ0n) is 18.0. The molecule has 0 aliphatic carbocycles. The van der Waals surface area contributed by atoms with Crippen molar-refractivity contribution in [3.8, 4) is 0 Å². The normalized spacial score (nSPS) is 11.1. The number of benzene rings is 1. The number of aromatic amines is 1. The molecule has 0 saturated heterocycles. The van der Waals surface area contributed by atoms with Crippen molar-refractivity contribution in [3.63, 3.8) is 0 Å². The van der Waals surface area contributed by atoms with Crippen LogP contribution >= 0.6 is 0 Å². The zero-order chi connectivity index (χ0) is 22.7. The first-order chi connectivity index (χ1) is 15.5. The summed E-state index contributed by atoms with van der Waals surface area (Å²) >= 11 is 0. The highest BCUT2D eigenvalue weighted by Gasteiger charge is 2.17. The van der Waals surface area contributed by atoms with Gasteiger partial charge in [0.25, 0.3) is 11.5 Å². The molecule has 0 aliphatic heterocycles. The topological polar surface area (TPSA) is 106 Å². The van der Waals surface area contributed by atoms with Gasteiger partial charge in [-0.15, -0.1) is 0 Å². The number of nitrogens with one attached hydrogen (secondary N) is 1. The van der Waals surface area contributed by atoms with Crippen LogP contribution in [-0.4, -0.2) is 42.2 Å². The summed E-state index contributed by atoms with van der Waals surface area (Å²) < 4.78 is 3.24. The van der Waals surface area contributed by atoms with E-state index in [1.807, 2.05) is 48.1 Å². The number of carbonyl (C=O) groups is 1. The van der Waals surface area contributed by atoms with Crippen molar-refractivity contribution in [1.82, 2.24) is 29.2 Å². The highest BCUT2D eigenvalue weighted by atomic mass is 16.2. The van der Waals surface area contributed by atoms with Crippen molar-refractivity contribution in [2.24, 2.45) is 0 Å². The maximum atomic E-state index is 13.0. The van der Waals surface area contributed by atoms with Gasteiger partial charge < -0.3 is 4.90 Å². The third kappa shape index (κ3) is 4.36. The fraction of sp³-hybridized carbons (Fsp3) is 0.261. The fourth-order valence-electron chi connectivity index (χ4n) is 3.63. The van der Waals surface area contributed by atoms with Crippen LogP contribution < -0.4 is 11.2 Å². The summed E-state index contributed by atoms with van der Waals surface area (Å²) in [6.07, 6.45) is 5.76. The lowest BCUT2D eigenvalue weighted by atomic mass is 10.2. The number of pyridine rings is 1. The lowest BCUT2D eigenvalue weighted by Gasteiger charge is -2.16. The number of carbonyl (C=O) groups excluding carboxylic acids is 1. The van der Waals surface area contributed by atoms with Crippen molar-refractivity contribution in [1.29, 1.82) is 0 Å². The van der Waals surface area contributed by atoms with Gasteiger partial charge in [-0.05, 0) is 18.1 Å². The molecule has 3 heterocycles. The summed E-state index contributed by atoms with van der Waals surface area (Å²) in [5.74, 6) is -0.275. The largest absolute Gasteiger partial charge is 0.337 e. The van der Waals surface area contributed by atoms with E-state index >= 15 is 0 Å². The van der Waals surface area contributed by atoms with Gasteiger partial charge in [-0.1, -0.05) is 37.3 Å². The lowest BCUT2D eigenvalue weighted by Crippen LogP contribution is -2.31. The fourth-order valence-corrected chi connectivity index (χ4v) is 3.63. The Morgan fingerprint density at radius 2 is 1.91 bits per heavy atom. The second-order valence-corrected chi connectivity index (χ2v) is 7.70. The van der Waals surface area contributed by atoms with Crippen LogP contribution in [0.2, 0.25) is 0 Å². The van der Waals surface area contributed by atoms with Gasteiger partial charge in [0.1, 0.15) is 5.65 Å². The van der Waals surface area contributed by atoms with Crippen LogP contribution in [-0.2, 0) is 19.6 Å². The maximum absolute atomic E-state index is 13.0. The predicted octanol–water partition coefficient (Wildman–Crippen LogP) is 2.01. The monoisotopic (exact) mass is 432 g/mol. The third-order valence-electron chi connectivity index (χ3n) is 5.17. The molecule has 0 bridgehead atoms. The Labute approximate surface area is 184 Å². The Kier molecular flexibility index (Phi) is 5.98. The average Bonchev–Trinajstić information content (AvgIpc) is 3.23. The van der Waals surface area contributed by atoms with E-state index in [0.717, 1.165) is 11.1 Å². The molecule has 0 fully saturated rings. The summed E-state index contributed by atoms with van der Waals surface area (Å²) in [7, 11) is 1.68. The van der Waals surface area contributed by atoms with Crippen molar-refractivity contribution < 1.29 is 4.79 Å². The first-order valence-electron chi connectivity index (χ1n) is 10.4. The molecule has 4 aromatic rings. The molecule has 3 aromatic heterocycles. The molecule has 1 amide bonds. The van der Waals surface area contributed by atoms with E-state index in [2.05, 4.69) is 15.1 Å². The molecule has 0 atom stereocenters. The SMILES string of the molecule is CCCn1c(=O)[nH]c(=O)c2cc(C(=O)N(C)Cc3cnn(Cc4ccccc4)c3)cnc21. The van der Waals surface area contributed by atoms with Crippen LogP contribution in [0.5, 0.6) is 0 Å². The summed E-state index contributed by atoms with van der Waals surface area (Å²) in [5.41, 5.74) is 1.54. The Hall–Kier alpha value is -4.01. The smallest absolute Gasteiger partial charge is 0.329 e. The molecule has 32 heavy (non-hydrogen) atoms. The quantitative estimate of drug-likeness (QED) is 0.481. The van der Waals surface area contributed by atoms with Gasteiger partial charge >= 0.3 is 5.69 Å². The number of H-pyrrole nitrogens is 1. The molecular weight excluding hydrogens is 408 g/mol. The first kappa shape index (κ1) is 21.2. The molecule has 164 valence electrons.